The van der Waals surface area contributed by atoms with Crippen molar-refractivity contribution < 1.29 is 9.47 Å². The monoisotopic (exact) mass is 311 g/mol. The summed E-state index contributed by atoms with van der Waals surface area (Å²) in [5.74, 6) is 2.61. The average Bonchev–Trinajstić information content (AvgIpc) is 2.46. The van der Waals surface area contributed by atoms with E-state index in [1.165, 1.54) is 43.5 Å². The lowest BCUT2D eigenvalue weighted by molar-refractivity contribution is 0.0645. The van der Waals surface area contributed by atoms with Crippen molar-refractivity contribution >= 4 is 12.4 Å². The van der Waals surface area contributed by atoms with Crippen LogP contribution in [0.2, 0.25) is 0 Å². The van der Waals surface area contributed by atoms with Gasteiger partial charge in [-0.2, -0.15) is 0 Å². The first kappa shape index (κ1) is 16.4. The van der Waals surface area contributed by atoms with Gasteiger partial charge in [-0.25, -0.2) is 0 Å². The van der Waals surface area contributed by atoms with E-state index in [9.17, 15) is 0 Å². The van der Waals surface area contributed by atoms with Crippen LogP contribution >= 0.6 is 12.4 Å². The summed E-state index contributed by atoms with van der Waals surface area (Å²) < 4.78 is 11.7. The predicted octanol–water partition coefficient (Wildman–Crippen LogP) is 3.78. The maximum absolute atomic E-state index is 6.07. The largest absolute Gasteiger partial charge is 0.496 e. The molecule has 1 saturated heterocycles. The van der Waals surface area contributed by atoms with Gasteiger partial charge in [0.1, 0.15) is 18.1 Å². The second kappa shape index (κ2) is 6.89. The van der Waals surface area contributed by atoms with E-state index in [0.717, 1.165) is 18.1 Å². The predicted molar refractivity (Wildman–Crippen MR) is 88.1 cm³/mol. The van der Waals surface area contributed by atoms with Crippen LogP contribution in [0.5, 0.6) is 11.5 Å². The Morgan fingerprint density at radius 2 is 2.19 bits per heavy atom. The molecule has 0 bridgehead atoms. The molecule has 3 rings (SSSR count). The number of likely N-dealkylation sites (tertiary alicyclic amines) is 1. The standard InChI is InChI=1S/C17H25NO2.ClH/c1-4-7-18-8-5-6-13-14(18)11-20-16-10-12(2)9-15(19-3)17(13)16;/h9-10,13-14H,4-8,11H2,1-3H3;1H/t13-,14+;/m0./s1. The highest BCUT2D eigenvalue weighted by Crippen LogP contribution is 2.46. The summed E-state index contributed by atoms with van der Waals surface area (Å²) in [5.41, 5.74) is 2.51. The van der Waals surface area contributed by atoms with E-state index < -0.39 is 0 Å². The number of nitrogens with zero attached hydrogens (tertiary/aromatic N) is 1. The normalized spacial score (nSPS) is 24.3. The van der Waals surface area contributed by atoms with Gasteiger partial charge in [0.25, 0.3) is 0 Å². The van der Waals surface area contributed by atoms with Crippen LogP contribution in [0.3, 0.4) is 0 Å². The summed E-state index contributed by atoms with van der Waals surface area (Å²) in [6.45, 7) is 7.56. The van der Waals surface area contributed by atoms with Crippen molar-refractivity contribution in [2.24, 2.45) is 0 Å². The van der Waals surface area contributed by atoms with Crippen molar-refractivity contribution in [2.75, 3.05) is 26.8 Å². The highest BCUT2D eigenvalue weighted by atomic mass is 35.5. The van der Waals surface area contributed by atoms with Gasteiger partial charge in [-0.05, 0) is 57.0 Å². The lowest BCUT2D eigenvalue weighted by Gasteiger charge is -2.44. The maximum Gasteiger partial charge on any atom is 0.126 e. The Bertz CT molecular complexity index is 473. The molecule has 0 aliphatic carbocycles. The molecule has 2 heterocycles. The number of rotatable bonds is 3. The lowest BCUT2D eigenvalue weighted by Crippen LogP contribution is -2.49. The third-order valence-corrected chi connectivity index (χ3v) is 4.65. The second-order valence-corrected chi connectivity index (χ2v) is 6.04. The van der Waals surface area contributed by atoms with E-state index in [1.54, 1.807) is 7.11 Å². The summed E-state index contributed by atoms with van der Waals surface area (Å²) in [6.07, 6.45) is 3.74. The van der Waals surface area contributed by atoms with Gasteiger partial charge < -0.3 is 9.47 Å². The summed E-state index contributed by atoms with van der Waals surface area (Å²) in [4.78, 5) is 2.61. The van der Waals surface area contributed by atoms with Crippen LogP contribution in [0.15, 0.2) is 12.1 Å². The number of hydrogen-bond donors (Lipinski definition) is 0. The molecule has 0 saturated carbocycles. The average molecular weight is 312 g/mol. The molecule has 0 amide bonds. The Morgan fingerprint density at radius 1 is 1.38 bits per heavy atom. The Labute approximate surface area is 134 Å². The molecule has 0 aromatic heterocycles. The first-order chi connectivity index (χ1) is 9.74. The first-order valence-corrected chi connectivity index (χ1v) is 7.80. The minimum absolute atomic E-state index is 0. The van der Waals surface area contributed by atoms with Crippen LogP contribution in [-0.2, 0) is 0 Å². The number of halogens is 1. The van der Waals surface area contributed by atoms with Crippen LogP contribution in [0.1, 0.15) is 43.2 Å². The SMILES string of the molecule is CCCN1CCC[C@@H]2c3c(OC)cc(C)cc3OC[C@H]21.Cl. The van der Waals surface area contributed by atoms with E-state index in [-0.39, 0.29) is 12.4 Å². The van der Waals surface area contributed by atoms with Crippen molar-refractivity contribution in [2.45, 2.75) is 45.1 Å². The highest BCUT2D eigenvalue weighted by Gasteiger charge is 2.39. The molecule has 118 valence electrons. The summed E-state index contributed by atoms with van der Waals surface area (Å²) in [6, 6.07) is 4.82. The van der Waals surface area contributed by atoms with E-state index in [1.807, 2.05) is 0 Å². The summed E-state index contributed by atoms with van der Waals surface area (Å²) >= 11 is 0. The molecule has 2 aliphatic heterocycles. The lowest BCUT2D eigenvalue weighted by atomic mass is 9.81. The molecule has 2 aliphatic rings. The molecule has 1 aromatic rings. The Hall–Kier alpha value is -0.930. The number of methoxy groups -OCH3 is 1. The molecule has 2 atom stereocenters. The van der Waals surface area contributed by atoms with Crippen molar-refractivity contribution in [1.82, 2.24) is 4.90 Å². The number of hydrogen-bond acceptors (Lipinski definition) is 3. The molecule has 0 N–H and O–H groups in total. The molecular weight excluding hydrogens is 286 g/mol. The maximum atomic E-state index is 6.07. The molecule has 4 heteroatoms. The minimum Gasteiger partial charge on any atom is -0.496 e. The number of aryl methyl sites for hydroxylation is 1. The second-order valence-electron chi connectivity index (χ2n) is 6.04. The van der Waals surface area contributed by atoms with Crippen LogP contribution < -0.4 is 9.47 Å². The Balaban J connectivity index is 0.00000161. The molecule has 1 fully saturated rings. The minimum atomic E-state index is 0. The smallest absolute Gasteiger partial charge is 0.126 e. The fourth-order valence-corrected chi connectivity index (χ4v) is 3.81. The van der Waals surface area contributed by atoms with Crippen molar-refractivity contribution in [3.8, 4) is 11.5 Å². The Morgan fingerprint density at radius 3 is 2.90 bits per heavy atom. The highest BCUT2D eigenvalue weighted by molar-refractivity contribution is 5.85. The van der Waals surface area contributed by atoms with E-state index in [0.29, 0.717) is 12.0 Å². The summed E-state index contributed by atoms with van der Waals surface area (Å²) in [7, 11) is 1.77. The van der Waals surface area contributed by atoms with Gasteiger partial charge in [-0.15, -0.1) is 12.4 Å². The van der Waals surface area contributed by atoms with Crippen LogP contribution in [0.4, 0.5) is 0 Å². The van der Waals surface area contributed by atoms with Gasteiger partial charge in [0.15, 0.2) is 0 Å². The molecule has 3 nitrogen and oxygen atoms in total. The van der Waals surface area contributed by atoms with E-state index in [2.05, 4.69) is 30.9 Å². The third kappa shape index (κ3) is 3.00. The van der Waals surface area contributed by atoms with Gasteiger partial charge in [-0.1, -0.05) is 6.92 Å². The molecule has 0 unspecified atom stereocenters. The van der Waals surface area contributed by atoms with Gasteiger partial charge >= 0.3 is 0 Å². The number of benzene rings is 1. The molecular formula is C17H26ClNO2. The molecule has 0 spiro atoms. The van der Waals surface area contributed by atoms with Gasteiger partial charge in [0.2, 0.25) is 0 Å². The van der Waals surface area contributed by atoms with E-state index >= 15 is 0 Å². The van der Waals surface area contributed by atoms with Crippen LogP contribution in [-0.4, -0.2) is 37.7 Å². The zero-order valence-electron chi connectivity index (χ0n) is 13.2. The third-order valence-electron chi connectivity index (χ3n) is 4.65. The molecule has 0 radical (unpaired) electrons. The van der Waals surface area contributed by atoms with Gasteiger partial charge in [0, 0.05) is 11.5 Å². The van der Waals surface area contributed by atoms with Gasteiger partial charge in [0.05, 0.1) is 13.2 Å². The zero-order valence-corrected chi connectivity index (χ0v) is 14.0. The van der Waals surface area contributed by atoms with Crippen molar-refractivity contribution in [1.29, 1.82) is 0 Å². The van der Waals surface area contributed by atoms with Crippen molar-refractivity contribution in [3.05, 3.63) is 23.3 Å². The quantitative estimate of drug-likeness (QED) is 0.848. The van der Waals surface area contributed by atoms with Crippen LogP contribution in [0, 0.1) is 6.92 Å². The van der Waals surface area contributed by atoms with Crippen LogP contribution in [0.25, 0.3) is 0 Å². The zero-order chi connectivity index (χ0) is 14.1. The molecule has 21 heavy (non-hydrogen) atoms. The number of fused-ring (bicyclic) bond motifs is 3. The fraction of sp³-hybridized carbons (Fsp3) is 0.647. The van der Waals surface area contributed by atoms with E-state index in [4.69, 9.17) is 9.47 Å². The first-order valence-electron chi connectivity index (χ1n) is 7.80. The Kier molecular flexibility index (Phi) is 5.39. The fourth-order valence-electron chi connectivity index (χ4n) is 3.81. The number of ether oxygens (including phenoxy) is 2. The van der Waals surface area contributed by atoms with Gasteiger partial charge in [-0.3, -0.25) is 4.90 Å². The topological polar surface area (TPSA) is 21.7 Å². The molecule has 1 aromatic carbocycles. The summed E-state index contributed by atoms with van der Waals surface area (Å²) in [5, 5.41) is 0. The van der Waals surface area contributed by atoms with Crippen molar-refractivity contribution in [3.63, 3.8) is 0 Å². The number of piperidine rings is 1.